The van der Waals surface area contributed by atoms with Crippen molar-refractivity contribution in [2.75, 3.05) is 10.6 Å². The normalized spacial score (nSPS) is 23.5. The molecule has 1 saturated heterocycles. The minimum absolute atomic E-state index is 0.0261. The van der Waals surface area contributed by atoms with Crippen LogP contribution in [0.25, 0.3) is 0 Å². The molecule has 0 bridgehead atoms. The van der Waals surface area contributed by atoms with Gasteiger partial charge in [-0.25, -0.2) is 9.18 Å². The van der Waals surface area contributed by atoms with Crippen molar-refractivity contribution in [1.82, 2.24) is 5.32 Å². The summed E-state index contributed by atoms with van der Waals surface area (Å²) >= 11 is 13.3. The lowest BCUT2D eigenvalue weighted by atomic mass is 9.62. The van der Waals surface area contributed by atoms with Crippen molar-refractivity contribution < 1.29 is 23.9 Å². The number of hydrogen-bond acceptors (Lipinski definition) is 6. The third-order valence-corrected chi connectivity index (χ3v) is 9.00. The van der Waals surface area contributed by atoms with Gasteiger partial charge in [0.15, 0.2) is 0 Å². The summed E-state index contributed by atoms with van der Waals surface area (Å²) in [4.78, 5) is 39.4. The van der Waals surface area contributed by atoms with Gasteiger partial charge in [-0.3, -0.25) is 9.59 Å². The SMILES string of the molecule is CC(C)(C#N)C[C@@H]1N[C@@H](C(=O)Nc2ccc(C(=O)O)s2)[C@H](c2cccc(Cl)c2F)[C@]12C(=O)Nc1cc(Cl)ccc12. The number of nitriles is 1. The number of nitrogens with zero attached hydrogens (tertiary/aromatic N) is 1. The Hall–Kier alpha value is -3.49. The Labute approximate surface area is 243 Å². The lowest BCUT2D eigenvalue weighted by Crippen LogP contribution is -2.50. The number of anilines is 2. The highest BCUT2D eigenvalue weighted by Gasteiger charge is 2.66. The Balaban J connectivity index is 1.72. The molecule has 12 heteroatoms. The lowest BCUT2D eigenvalue weighted by molar-refractivity contribution is -0.122. The first-order valence-corrected chi connectivity index (χ1v) is 13.8. The molecule has 2 amide bonds. The molecule has 2 aromatic carbocycles. The van der Waals surface area contributed by atoms with Crippen molar-refractivity contribution in [2.45, 2.75) is 43.7 Å². The molecule has 0 saturated carbocycles. The standard InChI is InChI=1S/C28H23Cl2FN4O4S/c1-27(2,12-32)11-19-28(15-7-6-13(29)10-17(15)33-26(28)39)21(14-4-3-5-16(30)22(14)31)23(34-19)24(36)35-20-9-8-18(40-20)25(37)38/h3-10,19,21,23,34H,11H2,1-2H3,(H,33,39)(H,35,36)(H,37,38)/t19-,21-,23+,28+/m0/s1. The molecule has 2 aliphatic heterocycles. The number of carboxylic acids is 1. The van der Waals surface area contributed by atoms with Crippen molar-refractivity contribution in [3.8, 4) is 6.07 Å². The number of thiophene rings is 1. The van der Waals surface area contributed by atoms with Gasteiger partial charge in [-0.15, -0.1) is 11.3 Å². The zero-order chi connectivity index (χ0) is 29.0. The van der Waals surface area contributed by atoms with Crippen molar-refractivity contribution in [3.05, 3.63) is 80.4 Å². The van der Waals surface area contributed by atoms with Crippen LogP contribution in [0.1, 0.15) is 47.0 Å². The lowest BCUT2D eigenvalue weighted by Gasteiger charge is -2.37. The minimum atomic E-state index is -1.52. The van der Waals surface area contributed by atoms with Crippen LogP contribution in [0.2, 0.25) is 10.0 Å². The molecule has 40 heavy (non-hydrogen) atoms. The summed E-state index contributed by atoms with van der Waals surface area (Å²) in [6.45, 7) is 3.44. The number of rotatable bonds is 6. The minimum Gasteiger partial charge on any atom is -0.477 e. The summed E-state index contributed by atoms with van der Waals surface area (Å²) < 4.78 is 15.8. The van der Waals surface area contributed by atoms with E-state index in [4.69, 9.17) is 23.2 Å². The first-order valence-electron chi connectivity index (χ1n) is 12.3. The van der Waals surface area contributed by atoms with E-state index in [0.29, 0.717) is 16.3 Å². The fourth-order valence-electron chi connectivity index (χ4n) is 5.82. The van der Waals surface area contributed by atoms with E-state index in [1.165, 1.54) is 24.3 Å². The second kappa shape index (κ2) is 10.2. The molecule has 2 aliphatic rings. The maximum Gasteiger partial charge on any atom is 0.345 e. The van der Waals surface area contributed by atoms with Gasteiger partial charge in [0.2, 0.25) is 11.8 Å². The number of carboxylic acid groups (broad SMARTS) is 1. The van der Waals surface area contributed by atoms with Crippen LogP contribution in [0, 0.1) is 22.6 Å². The van der Waals surface area contributed by atoms with Crippen molar-refractivity contribution in [2.24, 2.45) is 5.41 Å². The maximum atomic E-state index is 15.8. The number of nitrogens with one attached hydrogen (secondary N) is 3. The smallest absolute Gasteiger partial charge is 0.345 e. The maximum absolute atomic E-state index is 15.8. The Kier molecular flexibility index (Phi) is 7.13. The van der Waals surface area contributed by atoms with Gasteiger partial charge in [-0.1, -0.05) is 41.4 Å². The second-order valence-electron chi connectivity index (χ2n) is 10.5. The second-order valence-corrected chi connectivity index (χ2v) is 12.4. The summed E-state index contributed by atoms with van der Waals surface area (Å²) in [5.74, 6) is -4.09. The van der Waals surface area contributed by atoms with E-state index >= 15 is 4.39 Å². The highest BCUT2D eigenvalue weighted by Crippen LogP contribution is 2.57. The predicted molar refractivity (Wildman–Crippen MR) is 151 cm³/mol. The Morgan fingerprint density at radius 2 is 1.98 bits per heavy atom. The number of fused-ring (bicyclic) bond motifs is 2. The fraction of sp³-hybridized carbons (Fsp3) is 0.286. The van der Waals surface area contributed by atoms with Crippen LogP contribution in [0.5, 0.6) is 0 Å². The van der Waals surface area contributed by atoms with Gasteiger partial charge in [0.25, 0.3) is 0 Å². The highest BCUT2D eigenvalue weighted by atomic mass is 35.5. The van der Waals surface area contributed by atoms with Gasteiger partial charge in [-0.2, -0.15) is 5.26 Å². The summed E-state index contributed by atoms with van der Waals surface area (Å²) in [7, 11) is 0. The Morgan fingerprint density at radius 1 is 1.23 bits per heavy atom. The van der Waals surface area contributed by atoms with E-state index in [1.807, 2.05) is 0 Å². The topological polar surface area (TPSA) is 131 Å². The third-order valence-electron chi connectivity index (χ3n) is 7.48. The largest absolute Gasteiger partial charge is 0.477 e. The van der Waals surface area contributed by atoms with E-state index in [1.54, 1.807) is 38.1 Å². The monoisotopic (exact) mass is 600 g/mol. The molecular weight excluding hydrogens is 578 g/mol. The average Bonchev–Trinajstić information content (AvgIpc) is 3.56. The molecular formula is C28H23Cl2FN4O4S. The molecule has 5 rings (SSSR count). The number of benzene rings is 2. The number of amides is 2. The molecule has 1 spiro atoms. The van der Waals surface area contributed by atoms with Gasteiger partial charge < -0.3 is 21.1 Å². The van der Waals surface area contributed by atoms with Crippen molar-refractivity contribution in [1.29, 1.82) is 5.26 Å². The van der Waals surface area contributed by atoms with E-state index in [9.17, 15) is 24.8 Å². The van der Waals surface area contributed by atoms with Crippen LogP contribution < -0.4 is 16.0 Å². The summed E-state index contributed by atoms with van der Waals surface area (Å²) in [6.07, 6.45) is 0.142. The Bertz CT molecular complexity index is 1600. The molecule has 1 fully saturated rings. The van der Waals surface area contributed by atoms with Crippen LogP contribution >= 0.6 is 34.5 Å². The van der Waals surface area contributed by atoms with E-state index < -0.39 is 52.4 Å². The molecule has 4 N–H and O–H groups in total. The number of aromatic carboxylic acids is 1. The molecule has 4 atom stereocenters. The van der Waals surface area contributed by atoms with Crippen LogP contribution in [-0.4, -0.2) is 35.0 Å². The van der Waals surface area contributed by atoms with Gasteiger partial charge in [-0.05, 0) is 61.7 Å². The van der Waals surface area contributed by atoms with Gasteiger partial charge in [0.1, 0.15) is 16.1 Å². The number of carbonyl (C=O) groups excluding carboxylic acids is 2. The summed E-state index contributed by atoms with van der Waals surface area (Å²) in [6, 6.07) is 12.4. The van der Waals surface area contributed by atoms with E-state index in [2.05, 4.69) is 22.0 Å². The van der Waals surface area contributed by atoms with Gasteiger partial charge in [0.05, 0.1) is 27.5 Å². The quantitative estimate of drug-likeness (QED) is 0.283. The van der Waals surface area contributed by atoms with Crippen LogP contribution in [-0.2, 0) is 15.0 Å². The summed E-state index contributed by atoms with van der Waals surface area (Å²) in [5.41, 5.74) is -1.46. The molecule has 0 unspecified atom stereocenters. The average molecular weight is 601 g/mol. The Morgan fingerprint density at radius 3 is 2.65 bits per heavy atom. The molecule has 0 aliphatic carbocycles. The molecule has 1 aromatic heterocycles. The van der Waals surface area contributed by atoms with E-state index in [-0.39, 0.29) is 26.9 Å². The van der Waals surface area contributed by atoms with Gasteiger partial charge >= 0.3 is 5.97 Å². The van der Waals surface area contributed by atoms with Crippen LogP contribution in [0.3, 0.4) is 0 Å². The molecule has 206 valence electrons. The van der Waals surface area contributed by atoms with Crippen LogP contribution in [0.4, 0.5) is 15.1 Å². The molecule has 3 heterocycles. The molecule has 0 radical (unpaired) electrons. The molecule has 3 aromatic rings. The van der Waals surface area contributed by atoms with E-state index in [0.717, 1.165) is 11.3 Å². The number of hydrogen-bond donors (Lipinski definition) is 4. The zero-order valence-corrected chi connectivity index (χ0v) is 23.5. The number of halogens is 3. The first-order chi connectivity index (χ1) is 18.9. The van der Waals surface area contributed by atoms with Gasteiger partial charge in [0, 0.05) is 22.7 Å². The van der Waals surface area contributed by atoms with Crippen LogP contribution in [0.15, 0.2) is 48.5 Å². The highest BCUT2D eigenvalue weighted by molar-refractivity contribution is 7.18. The zero-order valence-electron chi connectivity index (χ0n) is 21.2. The third kappa shape index (κ3) is 4.53. The molecule has 8 nitrogen and oxygen atoms in total. The first kappa shape index (κ1) is 28.1. The van der Waals surface area contributed by atoms with Crippen molar-refractivity contribution in [3.63, 3.8) is 0 Å². The van der Waals surface area contributed by atoms with Crippen molar-refractivity contribution >= 4 is 63.0 Å². The summed E-state index contributed by atoms with van der Waals surface area (Å²) in [5, 5.41) is 28.5. The number of carbonyl (C=O) groups is 3. The predicted octanol–water partition coefficient (Wildman–Crippen LogP) is 5.78. The fourth-order valence-corrected chi connectivity index (χ4v) is 6.92.